The molecule has 0 atom stereocenters. The number of hydrogen-bond donors (Lipinski definition) is 1. The minimum Gasteiger partial charge on any atom is -0.317 e. The molecule has 0 bridgehead atoms. The molecule has 1 aliphatic heterocycles. The first-order valence-corrected chi connectivity index (χ1v) is 8.31. The first-order chi connectivity index (χ1) is 10.3. The number of piperidine rings is 1. The van der Waals surface area contributed by atoms with Crippen molar-refractivity contribution >= 4 is 16.3 Å². The van der Waals surface area contributed by atoms with E-state index in [9.17, 15) is 0 Å². The van der Waals surface area contributed by atoms with E-state index in [1.807, 2.05) is 0 Å². The third-order valence-electron chi connectivity index (χ3n) is 4.23. The van der Waals surface area contributed by atoms with Crippen molar-refractivity contribution in [2.45, 2.75) is 25.7 Å². The number of nitrogens with one attached hydrogen (secondary N) is 1. The molecule has 0 radical (unpaired) electrons. The van der Waals surface area contributed by atoms with Crippen LogP contribution in [0.5, 0.6) is 0 Å². The molecule has 0 unspecified atom stereocenters. The number of nitrogens with zero attached hydrogens (tertiary/aromatic N) is 3. The molecule has 1 aliphatic rings. The van der Waals surface area contributed by atoms with Gasteiger partial charge in [-0.25, -0.2) is 0 Å². The van der Waals surface area contributed by atoms with E-state index in [0.717, 1.165) is 36.7 Å². The van der Waals surface area contributed by atoms with Gasteiger partial charge in [0.15, 0.2) is 0 Å². The second-order valence-corrected chi connectivity index (χ2v) is 6.52. The molecule has 1 saturated heterocycles. The molecule has 2 aromatic heterocycles. The van der Waals surface area contributed by atoms with Gasteiger partial charge in [0.1, 0.15) is 5.82 Å². The molecule has 3 aromatic rings. The summed E-state index contributed by atoms with van der Waals surface area (Å²) in [5.74, 6) is 1.64. The van der Waals surface area contributed by atoms with Crippen molar-refractivity contribution in [1.29, 1.82) is 0 Å². The lowest BCUT2D eigenvalue weighted by molar-refractivity contribution is 0.443. The highest BCUT2D eigenvalue weighted by Gasteiger charge is 2.23. The molecule has 0 amide bonds. The second-order valence-electron chi connectivity index (χ2n) is 5.69. The Morgan fingerprint density at radius 1 is 1.14 bits per heavy atom. The summed E-state index contributed by atoms with van der Waals surface area (Å²) in [5, 5.41) is 14.5. The highest BCUT2D eigenvalue weighted by Crippen LogP contribution is 2.31. The fraction of sp³-hybridized carbons (Fsp3) is 0.375. The summed E-state index contributed by atoms with van der Waals surface area (Å²) in [6, 6.07) is 8.69. The zero-order valence-electron chi connectivity index (χ0n) is 12.0. The number of aryl methyl sites for hydroxylation is 1. The fourth-order valence-corrected chi connectivity index (χ4v) is 3.85. The van der Waals surface area contributed by atoms with E-state index in [1.165, 1.54) is 16.8 Å². The van der Waals surface area contributed by atoms with Crippen molar-refractivity contribution in [3.63, 3.8) is 0 Å². The monoisotopic (exact) mass is 298 g/mol. The molecule has 3 heterocycles. The van der Waals surface area contributed by atoms with Gasteiger partial charge in [0.2, 0.25) is 4.96 Å². The van der Waals surface area contributed by atoms with Crippen molar-refractivity contribution in [1.82, 2.24) is 19.9 Å². The Hall–Kier alpha value is -1.72. The van der Waals surface area contributed by atoms with Crippen molar-refractivity contribution in [2.24, 2.45) is 0 Å². The van der Waals surface area contributed by atoms with Crippen LogP contribution in [0.1, 0.15) is 30.1 Å². The number of benzene rings is 1. The number of hydrogen-bond acceptors (Lipinski definition) is 4. The van der Waals surface area contributed by atoms with E-state index in [1.54, 1.807) is 11.3 Å². The van der Waals surface area contributed by atoms with E-state index in [2.05, 4.69) is 56.5 Å². The van der Waals surface area contributed by atoms with Crippen LogP contribution in [0.3, 0.4) is 0 Å². The standard InChI is InChI=1S/C16H18N4S/c1-11-2-4-12(5-3-11)14-10-21-16-19-18-15(20(14)16)13-6-8-17-9-7-13/h2-5,10,13,17H,6-9H2,1H3. The van der Waals surface area contributed by atoms with Gasteiger partial charge in [0.25, 0.3) is 0 Å². The molecule has 5 heteroatoms. The lowest BCUT2D eigenvalue weighted by Crippen LogP contribution is -2.27. The lowest BCUT2D eigenvalue weighted by atomic mass is 9.97. The smallest absolute Gasteiger partial charge is 0.216 e. The van der Waals surface area contributed by atoms with Crippen LogP contribution in [0.25, 0.3) is 16.2 Å². The van der Waals surface area contributed by atoms with Crippen LogP contribution in [-0.4, -0.2) is 27.7 Å². The summed E-state index contributed by atoms with van der Waals surface area (Å²) in [6.45, 7) is 4.26. The van der Waals surface area contributed by atoms with Crippen LogP contribution in [0.4, 0.5) is 0 Å². The van der Waals surface area contributed by atoms with Gasteiger partial charge in [-0.2, -0.15) is 0 Å². The topological polar surface area (TPSA) is 42.2 Å². The van der Waals surface area contributed by atoms with Gasteiger partial charge in [-0.3, -0.25) is 4.40 Å². The quantitative estimate of drug-likeness (QED) is 0.790. The van der Waals surface area contributed by atoms with Gasteiger partial charge >= 0.3 is 0 Å². The Bertz CT molecular complexity index is 750. The highest BCUT2D eigenvalue weighted by atomic mass is 32.1. The van der Waals surface area contributed by atoms with Gasteiger partial charge in [-0.05, 0) is 38.4 Å². The molecular formula is C16H18N4S. The average molecular weight is 298 g/mol. The number of fused-ring (bicyclic) bond motifs is 1. The number of aromatic nitrogens is 3. The maximum Gasteiger partial charge on any atom is 0.216 e. The highest BCUT2D eigenvalue weighted by molar-refractivity contribution is 7.15. The largest absolute Gasteiger partial charge is 0.317 e. The zero-order chi connectivity index (χ0) is 14.2. The first-order valence-electron chi connectivity index (χ1n) is 7.43. The molecule has 21 heavy (non-hydrogen) atoms. The maximum atomic E-state index is 4.48. The van der Waals surface area contributed by atoms with Gasteiger partial charge < -0.3 is 5.32 Å². The van der Waals surface area contributed by atoms with Crippen molar-refractivity contribution in [2.75, 3.05) is 13.1 Å². The van der Waals surface area contributed by atoms with Crippen molar-refractivity contribution in [3.05, 3.63) is 41.0 Å². The van der Waals surface area contributed by atoms with Crippen LogP contribution in [-0.2, 0) is 0 Å². The van der Waals surface area contributed by atoms with Crippen LogP contribution >= 0.6 is 11.3 Å². The minimum atomic E-state index is 0.514. The predicted octanol–water partition coefficient (Wildman–Crippen LogP) is 3.23. The van der Waals surface area contributed by atoms with Gasteiger partial charge in [-0.1, -0.05) is 29.8 Å². The Labute approximate surface area is 127 Å². The number of rotatable bonds is 2. The van der Waals surface area contributed by atoms with E-state index >= 15 is 0 Å². The molecule has 1 N–H and O–H groups in total. The number of thiazole rings is 1. The van der Waals surface area contributed by atoms with Crippen LogP contribution in [0, 0.1) is 6.92 Å². The van der Waals surface area contributed by atoms with Crippen molar-refractivity contribution < 1.29 is 0 Å². The summed E-state index contributed by atoms with van der Waals surface area (Å²) in [6.07, 6.45) is 2.29. The third-order valence-corrected chi connectivity index (χ3v) is 5.04. The lowest BCUT2D eigenvalue weighted by Gasteiger charge is -2.21. The summed E-state index contributed by atoms with van der Waals surface area (Å²) in [5.41, 5.74) is 3.74. The average Bonchev–Trinajstić information content (AvgIpc) is 3.11. The summed E-state index contributed by atoms with van der Waals surface area (Å²) < 4.78 is 2.26. The Morgan fingerprint density at radius 2 is 1.90 bits per heavy atom. The molecule has 4 rings (SSSR count). The molecule has 108 valence electrons. The summed E-state index contributed by atoms with van der Waals surface area (Å²) in [7, 11) is 0. The Kier molecular flexibility index (Phi) is 3.24. The summed E-state index contributed by atoms with van der Waals surface area (Å²) >= 11 is 1.67. The maximum absolute atomic E-state index is 4.48. The summed E-state index contributed by atoms with van der Waals surface area (Å²) in [4.78, 5) is 0.999. The molecule has 0 saturated carbocycles. The van der Waals surface area contributed by atoms with E-state index < -0.39 is 0 Å². The normalized spacial score (nSPS) is 16.6. The second kappa shape index (κ2) is 5.24. The van der Waals surface area contributed by atoms with Crippen molar-refractivity contribution in [3.8, 4) is 11.3 Å². The minimum absolute atomic E-state index is 0.514. The van der Waals surface area contributed by atoms with E-state index in [4.69, 9.17) is 0 Å². The van der Waals surface area contributed by atoms with Gasteiger partial charge in [0, 0.05) is 11.3 Å². The van der Waals surface area contributed by atoms with Gasteiger partial charge in [0.05, 0.1) is 5.69 Å². The SMILES string of the molecule is Cc1ccc(-c2csc3nnc(C4CCNCC4)n23)cc1. The zero-order valence-corrected chi connectivity index (χ0v) is 12.9. The molecule has 1 aromatic carbocycles. The first kappa shape index (κ1) is 13.0. The predicted molar refractivity (Wildman–Crippen MR) is 85.9 cm³/mol. The molecule has 0 spiro atoms. The molecule has 4 nitrogen and oxygen atoms in total. The molecule has 1 fully saturated rings. The van der Waals surface area contributed by atoms with Crippen LogP contribution in [0.2, 0.25) is 0 Å². The van der Waals surface area contributed by atoms with Crippen LogP contribution in [0.15, 0.2) is 29.6 Å². The Balaban J connectivity index is 1.82. The fourth-order valence-electron chi connectivity index (χ4n) is 3.01. The Morgan fingerprint density at radius 3 is 2.67 bits per heavy atom. The van der Waals surface area contributed by atoms with Crippen LogP contribution < -0.4 is 5.32 Å². The van der Waals surface area contributed by atoms with E-state index in [-0.39, 0.29) is 0 Å². The molecular weight excluding hydrogens is 280 g/mol. The third kappa shape index (κ3) is 2.26. The van der Waals surface area contributed by atoms with E-state index in [0.29, 0.717) is 5.92 Å². The van der Waals surface area contributed by atoms with Gasteiger partial charge in [-0.15, -0.1) is 21.5 Å². The molecule has 0 aliphatic carbocycles.